The van der Waals surface area contributed by atoms with Crippen molar-refractivity contribution in [1.82, 2.24) is 5.32 Å². The van der Waals surface area contributed by atoms with Crippen molar-refractivity contribution in [3.8, 4) is 0 Å². The Labute approximate surface area is 105 Å². The number of methoxy groups -OCH3 is 1. The van der Waals surface area contributed by atoms with Crippen LogP contribution in [0.15, 0.2) is 0 Å². The molecule has 0 aromatic rings. The van der Waals surface area contributed by atoms with Crippen LogP contribution in [-0.2, 0) is 9.47 Å². The Hall–Kier alpha value is -0.120. The van der Waals surface area contributed by atoms with Gasteiger partial charge in [0.2, 0.25) is 0 Å². The normalized spacial score (nSPS) is 42.9. The number of ether oxygens (including phenoxy) is 2. The predicted octanol–water partition coefficient (Wildman–Crippen LogP) is 2.21. The highest BCUT2D eigenvalue weighted by molar-refractivity contribution is 4.90. The second-order valence-corrected chi connectivity index (χ2v) is 6.07. The Kier molecular flexibility index (Phi) is 4.45. The lowest BCUT2D eigenvalue weighted by Crippen LogP contribution is -2.49. The number of hydrogen-bond donors (Lipinski definition) is 1. The summed E-state index contributed by atoms with van der Waals surface area (Å²) in [5.74, 6) is 1.66. The first-order chi connectivity index (χ1) is 8.15. The summed E-state index contributed by atoms with van der Waals surface area (Å²) in [5, 5.41) is 3.73. The summed E-state index contributed by atoms with van der Waals surface area (Å²) in [6.07, 6.45) is 5.07. The van der Waals surface area contributed by atoms with Gasteiger partial charge in [-0.15, -0.1) is 0 Å². The SMILES string of the molecule is COC1(CNC2CC(C)CCC2C)CCOC1. The van der Waals surface area contributed by atoms with E-state index in [2.05, 4.69) is 19.2 Å². The minimum Gasteiger partial charge on any atom is -0.378 e. The van der Waals surface area contributed by atoms with Crippen LogP contribution in [0.1, 0.15) is 39.5 Å². The zero-order chi connectivity index (χ0) is 12.3. The fourth-order valence-corrected chi connectivity index (χ4v) is 3.09. The summed E-state index contributed by atoms with van der Waals surface area (Å²) < 4.78 is 11.1. The smallest absolute Gasteiger partial charge is 0.106 e. The maximum Gasteiger partial charge on any atom is 0.106 e. The van der Waals surface area contributed by atoms with E-state index in [0.717, 1.165) is 38.0 Å². The minimum atomic E-state index is -0.0690. The molecule has 4 unspecified atom stereocenters. The minimum absolute atomic E-state index is 0.0690. The van der Waals surface area contributed by atoms with Gasteiger partial charge >= 0.3 is 0 Å². The van der Waals surface area contributed by atoms with Crippen molar-refractivity contribution in [1.29, 1.82) is 0 Å². The molecule has 2 aliphatic rings. The van der Waals surface area contributed by atoms with E-state index in [0.29, 0.717) is 6.04 Å². The van der Waals surface area contributed by atoms with Crippen molar-refractivity contribution in [2.45, 2.75) is 51.2 Å². The van der Waals surface area contributed by atoms with Gasteiger partial charge in [0.15, 0.2) is 0 Å². The first-order valence-corrected chi connectivity index (χ1v) is 7.01. The molecule has 3 heteroatoms. The molecule has 1 aliphatic carbocycles. The summed E-state index contributed by atoms with van der Waals surface area (Å²) >= 11 is 0. The van der Waals surface area contributed by atoms with Crippen LogP contribution in [-0.4, -0.2) is 38.5 Å². The molecule has 2 fully saturated rings. The molecule has 1 N–H and O–H groups in total. The van der Waals surface area contributed by atoms with Gasteiger partial charge in [-0.2, -0.15) is 0 Å². The van der Waals surface area contributed by atoms with Crippen LogP contribution >= 0.6 is 0 Å². The molecule has 0 aromatic heterocycles. The first kappa shape index (κ1) is 13.3. The highest BCUT2D eigenvalue weighted by Crippen LogP contribution is 2.29. The number of hydrogen-bond acceptors (Lipinski definition) is 3. The van der Waals surface area contributed by atoms with Gasteiger partial charge in [-0.25, -0.2) is 0 Å². The fraction of sp³-hybridized carbons (Fsp3) is 1.00. The monoisotopic (exact) mass is 241 g/mol. The third-order valence-electron chi connectivity index (χ3n) is 4.64. The van der Waals surface area contributed by atoms with Crippen molar-refractivity contribution in [2.24, 2.45) is 11.8 Å². The molecule has 0 bridgehead atoms. The van der Waals surface area contributed by atoms with Crippen molar-refractivity contribution < 1.29 is 9.47 Å². The van der Waals surface area contributed by atoms with Gasteiger partial charge in [0.25, 0.3) is 0 Å². The van der Waals surface area contributed by atoms with Crippen molar-refractivity contribution in [3.05, 3.63) is 0 Å². The molecule has 100 valence electrons. The van der Waals surface area contributed by atoms with E-state index in [1.807, 2.05) is 7.11 Å². The van der Waals surface area contributed by atoms with Crippen LogP contribution in [0.25, 0.3) is 0 Å². The largest absolute Gasteiger partial charge is 0.378 e. The molecule has 1 heterocycles. The first-order valence-electron chi connectivity index (χ1n) is 7.01. The Morgan fingerprint density at radius 3 is 2.82 bits per heavy atom. The van der Waals surface area contributed by atoms with Crippen molar-refractivity contribution in [3.63, 3.8) is 0 Å². The maximum atomic E-state index is 5.66. The third-order valence-corrected chi connectivity index (χ3v) is 4.64. The van der Waals surface area contributed by atoms with E-state index in [4.69, 9.17) is 9.47 Å². The second kappa shape index (κ2) is 5.68. The van der Waals surface area contributed by atoms with Crippen LogP contribution in [0.5, 0.6) is 0 Å². The van der Waals surface area contributed by atoms with E-state index in [1.54, 1.807) is 0 Å². The average Bonchev–Trinajstić information content (AvgIpc) is 2.80. The molecular weight excluding hydrogens is 214 g/mol. The summed E-state index contributed by atoms with van der Waals surface area (Å²) in [6.45, 7) is 7.25. The number of rotatable bonds is 4. The van der Waals surface area contributed by atoms with Crippen molar-refractivity contribution >= 4 is 0 Å². The van der Waals surface area contributed by atoms with Crippen LogP contribution in [0.3, 0.4) is 0 Å². The average molecular weight is 241 g/mol. The van der Waals surface area contributed by atoms with E-state index in [-0.39, 0.29) is 5.60 Å². The van der Waals surface area contributed by atoms with Gasteiger partial charge in [-0.1, -0.05) is 20.3 Å². The lowest BCUT2D eigenvalue weighted by atomic mass is 9.80. The van der Waals surface area contributed by atoms with Gasteiger partial charge in [0.05, 0.1) is 6.61 Å². The lowest BCUT2D eigenvalue weighted by molar-refractivity contribution is -0.0199. The molecule has 1 saturated heterocycles. The molecule has 0 aromatic carbocycles. The van der Waals surface area contributed by atoms with Gasteiger partial charge in [0.1, 0.15) is 5.60 Å². The molecule has 4 atom stereocenters. The van der Waals surface area contributed by atoms with Gasteiger partial charge in [-0.3, -0.25) is 0 Å². The highest BCUT2D eigenvalue weighted by Gasteiger charge is 2.36. The lowest BCUT2D eigenvalue weighted by Gasteiger charge is -2.36. The van der Waals surface area contributed by atoms with Crippen LogP contribution in [0.2, 0.25) is 0 Å². The maximum absolute atomic E-state index is 5.66. The quantitative estimate of drug-likeness (QED) is 0.818. The third kappa shape index (κ3) is 3.21. The molecule has 17 heavy (non-hydrogen) atoms. The molecule has 0 amide bonds. The Morgan fingerprint density at radius 1 is 1.35 bits per heavy atom. The topological polar surface area (TPSA) is 30.5 Å². The second-order valence-electron chi connectivity index (χ2n) is 6.07. The summed E-state index contributed by atoms with van der Waals surface area (Å²) in [6, 6.07) is 0.659. The van der Waals surface area contributed by atoms with E-state index >= 15 is 0 Å². The van der Waals surface area contributed by atoms with Crippen molar-refractivity contribution in [2.75, 3.05) is 26.9 Å². The molecule has 0 radical (unpaired) electrons. The van der Waals surface area contributed by atoms with Gasteiger partial charge in [-0.05, 0) is 24.7 Å². The summed E-state index contributed by atoms with van der Waals surface area (Å²) in [5.41, 5.74) is -0.0690. The van der Waals surface area contributed by atoms with Crippen LogP contribution in [0, 0.1) is 11.8 Å². The highest BCUT2D eigenvalue weighted by atomic mass is 16.5. The van der Waals surface area contributed by atoms with Gasteiger partial charge in [0, 0.05) is 32.7 Å². The Morgan fingerprint density at radius 2 is 2.18 bits per heavy atom. The van der Waals surface area contributed by atoms with Crippen LogP contribution < -0.4 is 5.32 Å². The number of nitrogens with one attached hydrogen (secondary N) is 1. The molecule has 0 spiro atoms. The predicted molar refractivity (Wildman–Crippen MR) is 69.1 cm³/mol. The van der Waals surface area contributed by atoms with E-state index < -0.39 is 0 Å². The molecule has 2 rings (SSSR count). The van der Waals surface area contributed by atoms with Gasteiger partial charge < -0.3 is 14.8 Å². The summed E-state index contributed by atoms with van der Waals surface area (Å²) in [4.78, 5) is 0. The Bertz CT molecular complexity index is 238. The van der Waals surface area contributed by atoms with Crippen LogP contribution in [0.4, 0.5) is 0 Å². The Balaban J connectivity index is 1.83. The summed E-state index contributed by atoms with van der Waals surface area (Å²) in [7, 11) is 1.81. The standard InChI is InChI=1S/C14H27NO2/c1-11-4-5-12(2)13(8-11)15-9-14(16-3)6-7-17-10-14/h11-13,15H,4-10H2,1-3H3. The molecular formula is C14H27NO2. The zero-order valence-electron chi connectivity index (χ0n) is 11.5. The molecule has 1 saturated carbocycles. The van der Waals surface area contributed by atoms with E-state index in [9.17, 15) is 0 Å². The molecule has 3 nitrogen and oxygen atoms in total. The molecule has 1 aliphatic heterocycles. The van der Waals surface area contributed by atoms with E-state index in [1.165, 1.54) is 19.3 Å². The zero-order valence-corrected chi connectivity index (χ0v) is 11.5. The fourth-order valence-electron chi connectivity index (χ4n) is 3.09.